The van der Waals surface area contributed by atoms with Crippen molar-refractivity contribution in [3.05, 3.63) is 72.3 Å². The van der Waals surface area contributed by atoms with Crippen molar-refractivity contribution in [2.75, 3.05) is 12.9 Å². The molecule has 0 aliphatic heterocycles. The van der Waals surface area contributed by atoms with Crippen LogP contribution in [0.15, 0.2) is 71.6 Å². The van der Waals surface area contributed by atoms with Crippen molar-refractivity contribution in [2.24, 2.45) is 0 Å². The largest absolute Gasteiger partial charge is 0.388 e. The summed E-state index contributed by atoms with van der Waals surface area (Å²) >= 11 is 0. The molecular weight excluding hydrogens is 388 g/mol. The van der Waals surface area contributed by atoms with Crippen LogP contribution in [0.4, 0.5) is 0 Å². The second kappa shape index (κ2) is 7.27. The highest BCUT2D eigenvalue weighted by Gasteiger charge is 2.10. The van der Waals surface area contributed by atoms with E-state index < -0.39 is 16.4 Å². The summed E-state index contributed by atoms with van der Waals surface area (Å²) in [6.07, 6.45) is 1.19. The molecule has 1 aromatic heterocycles. The number of hydrogen-bond donors (Lipinski definition) is 2. The zero-order chi connectivity index (χ0) is 20.6. The van der Waals surface area contributed by atoms with E-state index in [9.17, 15) is 13.2 Å². The molecule has 0 amide bonds. The number of aliphatic hydroxyl groups is 1. The smallest absolute Gasteiger partial charge is 0.188 e. The van der Waals surface area contributed by atoms with E-state index >= 15 is 0 Å². The molecule has 0 radical (unpaired) electrons. The van der Waals surface area contributed by atoms with Crippen molar-refractivity contribution >= 4 is 26.7 Å². The van der Waals surface area contributed by atoms with Gasteiger partial charge < -0.3 is 10.1 Å². The Bertz CT molecular complexity index is 1310. The van der Waals surface area contributed by atoms with Crippen LogP contribution in [0.25, 0.3) is 33.5 Å². The van der Waals surface area contributed by atoms with Gasteiger partial charge in [-0.3, -0.25) is 4.79 Å². The average molecular weight is 406 g/mol. The SMILES string of the molecule is CS(=O)(=O)c1ccc(-c2ccc(-c3nc4ccc(C(=O)CO)cc4[nH]3)cc2)cc1. The second-order valence-corrected chi connectivity index (χ2v) is 8.79. The summed E-state index contributed by atoms with van der Waals surface area (Å²) in [5.41, 5.74) is 4.65. The third-order valence-electron chi connectivity index (χ3n) is 4.72. The minimum absolute atomic E-state index is 0.291. The van der Waals surface area contributed by atoms with Gasteiger partial charge in [-0.2, -0.15) is 0 Å². The number of sulfone groups is 1. The van der Waals surface area contributed by atoms with Gasteiger partial charge in [0, 0.05) is 17.4 Å². The molecule has 0 spiro atoms. The maximum atomic E-state index is 11.7. The van der Waals surface area contributed by atoms with Crippen LogP contribution in [-0.2, 0) is 9.84 Å². The van der Waals surface area contributed by atoms with Crippen LogP contribution < -0.4 is 0 Å². The normalized spacial score (nSPS) is 11.7. The highest BCUT2D eigenvalue weighted by molar-refractivity contribution is 7.90. The van der Waals surface area contributed by atoms with E-state index in [1.807, 2.05) is 24.3 Å². The van der Waals surface area contributed by atoms with Crippen molar-refractivity contribution < 1.29 is 18.3 Å². The third-order valence-corrected chi connectivity index (χ3v) is 5.85. The molecule has 0 atom stereocenters. The van der Waals surface area contributed by atoms with Crippen LogP contribution in [0.5, 0.6) is 0 Å². The summed E-state index contributed by atoms with van der Waals surface area (Å²) in [7, 11) is -3.22. The molecule has 146 valence electrons. The number of nitrogens with one attached hydrogen (secondary N) is 1. The molecule has 29 heavy (non-hydrogen) atoms. The Morgan fingerprint density at radius 1 is 0.931 bits per heavy atom. The Morgan fingerprint density at radius 3 is 2.10 bits per heavy atom. The summed E-state index contributed by atoms with van der Waals surface area (Å²) in [4.78, 5) is 19.7. The Hall–Kier alpha value is -3.29. The molecule has 2 N–H and O–H groups in total. The third kappa shape index (κ3) is 3.83. The second-order valence-electron chi connectivity index (χ2n) is 6.77. The summed E-state index contributed by atoms with van der Waals surface area (Å²) in [6.45, 7) is -0.529. The Balaban J connectivity index is 1.63. The topological polar surface area (TPSA) is 100 Å². The van der Waals surface area contributed by atoms with Gasteiger partial charge in [0.25, 0.3) is 0 Å². The quantitative estimate of drug-likeness (QED) is 0.494. The fraction of sp³-hybridized carbons (Fsp3) is 0.0909. The molecule has 6 nitrogen and oxygen atoms in total. The molecule has 0 aliphatic carbocycles. The number of carbonyl (C=O) groups is 1. The summed E-state index contributed by atoms with van der Waals surface area (Å²) in [6, 6.07) is 19.6. The minimum atomic E-state index is -3.22. The monoisotopic (exact) mass is 406 g/mol. The van der Waals surface area contributed by atoms with Crippen molar-refractivity contribution in [1.29, 1.82) is 0 Å². The molecule has 0 fully saturated rings. The van der Waals surface area contributed by atoms with Crippen molar-refractivity contribution in [3.8, 4) is 22.5 Å². The zero-order valence-corrected chi connectivity index (χ0v) is 16.4. The summed E-state index contributed by atoms with van der Waals surface area (Å²) in [5.74, 6) is 0.335. The first kappa shape index (κ1) is 19.0. The van der Waals surface area contributed by atoms with E-state index in [1.54, 1.807) is 42.5 Å². The lowest BCUT2D eigenvalue weighted by atomic mass is 10.0. The maximum absolute atomic E-state index is 11.7. The molecule has 0 saturated carbocycles. The van der Waals surface area contributed by atoms with Crippen LogP contribution in [0.2, 0.25) is 0 Å². The number of aliphatic hydroxyl groups excluding tert-OH is 1. The molecule has 0 aliphatic rings. The van der Waals surface area contributed by atoms with Crippen LogP contribution in [-0.4, -0.2) is 42.1 Å². The fourth-order valence-electron chi connectivity index (χ4n) is 3.13. The van der Waals surface area contributed by atoms with Crippen molar-refractivity contribution in [1.82, 2.24) is 9.97 Å². The molecule has 0 unspecified atom stereocenters. The van der Waals surface area contributed by atoms with E-state index in [-0.39, 0.29) is 5.78 Å². The average Bonchev–Trinajstić information content (AvgIpc) is 3.16. The number of aromatic amines is 1. The van der Waals surface area contributed by atoms with Crippen LogP contribution in [0.3, 0.4) is 0 Å². The molecule has 4 rings (SSSR count). The van der Waals surface area contributed by atoms with Gasteiger partial charge in [-0.1, -0.05) is 36.4 Å². The van der Waals surface area contributed by atoms with Crippen LogP contribution in [0.1, 0.15) is 10.4 Å². The van der Waals surface area contributed by atoms with Gasteiger partial charge in [0.1, 0.15) is 12.4 Å². The maximum Gasteiger partial charge on any atom is 0.188 e. The number of carbonyl (C=O) groups excluding carboxylic acids is 1. The molecule has 3 aromatic carbocycles. The number of rotatable bonds is 5. The highest BCUT2D eigenvalue weighted by atomic mass is 32.2. The predicted molar refractivity (Wildman–Crippen MR) is 111 cm³/mol. The lowest BCUT2D eigenvalue weighted by molar-refractivity contribution is 0.0904. The first-order valence-electron chi connectivity index (χ1n) is 8.90. The van der Waals surface area contributed by atoms with E-state index in [0.29, 0.717) is 16.3 Å². The standard InChI is InChI=1S/C22H18N2O4S/c1-29(27,28)18-9-6-15(7-10-18)14-2-4-16(5-3-14)22-23-19-11-8-17(21(26)13-25)12-20(19)24-22/h2-12,25H,13H2,1H3,(H,23,24). The number of hydrogen-bond acceptors (Lipinski definition) is 5. The number of benzene rings is 3. The fourth-order valence-corrected chi connectivity index (χ4v) is 3.76. The van der Waals surface area contributed by atoms with Gasteiger partial charge in [-0.05, 0) is 41.5 Å². The van der Waals surface area contributed by atoms with Crippen molar-refractivity contribution in [2.45, 2.75) is 4.90 Å². The Morgan fingerprint density at radius 2 is 1.52 bits per heavy atom. The van der Waals surface area contributed by atoms with E-state index in [0.717, 1.165) is 27.7 Å². The molecular formula is C22H18N2O4S. The Kier molecular flexibility index (Phi) is 4.77. The van der Waals surface area contributed by atoms with Gasteiger partial charge in [0.2, 0.25) is 0 Å². The van der Waals surface area contributed by atoms with Crippen molar-refractivity contribution in [3.63, 3.8) is 0 Å². The number of nitrogens with zero attached hydrogens (tertiary/aromatic N) is 1. The zero-order valence-electron chi connectivity index (χ0n) is 15.6. The van der Waals surface area contributed by atoms with Crippen LogP contribution in [0, 0.1) is 0 Å². The highest BCUT2D eigenvalue weighted by Crippen LogP contribution is 2.26. The number of Topliss-reactive ketones (excluding diaryl/α,β-unsaturated/α-hetero) is 1. The van der Waals surface area contributed by atoms with Crippen LogP contribution >= 0.6 is 0 Å². The van der Waals surface area contributed by atoms with E-state index in [2.05, 4.69) is 9.97 Å². The van der Waals surface area contributed by atoms with Gasteiger partial charge in [0.15, 0.2) is 15.6 Å². The molecule has 0 saturated heterocycles. The summed E-state index contributed by atoms with van der Waals surface area (Å²) in [5, 5.41) is 9.01. The Labute approximate surface area is 167 Å². The molecule has 1 heterocycles. The number of imidazole rings is 1. The van der Waals surface area contributed by atoms with Gasteiger partial charge in [-0.15, -0.1) is 0 Å². The number of aromatic nitrogens is 2. The first-order chi connectivity index (χ1) is 13.8. The number of H-pyrrole nitrogens is 1. The molecule has 0 bridgehead atoms. The van der Waals surface area contributed by atoms with Gasteiger partial charge >= 0.3 is 0 Å². The van der Waals surface area contributed by atoms with Gasteiger partial charge in [0.05, 0.1) is 15.9 Å². The minimum Gasteiger partial charge on any atom is -0.388 e. The van der Waals surface area contributed by atoms with Gasteiger partial charge in [-0.25, -0.2) is 13.4 Å². The molecule has 4 aromatic rings. The lowest BCUT2D eigenvalue weighted by Gasteiger charge is -2.04. The first-order valence-corrected chi connectivity index (χ1v) is 10.8. The van der Waals surface area contributed by atoms with E-state index in [4.69, 9.17) is 5.11 Å². The molecule has 7 heteroatoms. The number of fused-ring (bicyclic) bond motifs is 1. The summed E-state index contributed by atoms with van der Waals surface area (Å²) < 4.78 is 23.2. The predicted octanol–water partition coefficient (Wildman–Crippen LogP) is 3.48. The number of ketones is 1. The lowest BCUT2D eigenvalue weighted by Crippen LogP contribution is -2.03. The van der Waals surface area contributed by atoms with E-state index in [1.165, 1.54) is 6.26 Å².